The van der Waals surface area contributed by atoms with Gasteiger partial charge in [-0.1, -0.05) is 286 Å². The first-order chi connectivity index (χ1) is 37.9. The number of nitrogens with zero attached hydrogens (tertiary/aromatic N) is 1. The third-order valence-electron chi connectivity index (χ3n) is 14.1. The average Bonchev–Trinajstić information content (AvgIpc) is 3.40. The average molecular weight is 1110 g/mol. The van der Waals surface area contributed by atoms with Gasteiger partial charge in [-0.05, 0) is 70.3 Å². The Morgan fingerprint density at radius 1 is 0.462 bits per heavy atom. The van der Waals surface area contributed by atoms with Crippen molar-refractivity contribution in [3.05, 3.63) is 85.1 Å². The minimum atomic E-state index is -4.72. The van der Waals surface area contributed by atoms with Gasteiger partial charge in [-0.15, -0.1) is 0 Å². The number of hydrogen-bond donors (Lipinski definition) is 1. The number of ether oxygens (including phenoxy) is 1. The minimum Gasteiger partial charge on any atom is -0.756 e. The predicted octanol–water partition coefficient (Wildman–Crippen LogP) is 19.5. The van der Waals surface area contributed by atoms with Crippen LogP contribution in [-0.4, -0.2) is 69.4 Å². The molecule has 1 amide bonds. The second kappa shape index (κ2) is 57.4. The maximum absolute atomic E-state index is 13.6. The molecule has 0 rings (SSSR count). The lowest BCUT2D eigenvalue weighted by molar-refractivity contribution is -0.870. The van der Waals surface area contributed by atoms with Crippen molar-refractivity contribution in [1.29, 1.82) is 0 Å². The van der Waals surface area contributed by atoms with Gasteiger partial charge in [0.1, 0.15) is 19.3 Å². The summed E-state index contributed by atoms with van der Waals surface area (Å²) in [5.41, 5.74) is 0. The van der Waals surface area contributed by atoms with Crippen LogP contribution in [0.4, 0.5) is 0 Å². The fourth-order valence-corrected chi connectivity index (χ4v) is 9.86. The molecule has 1 N–H and O–H groups in total. The number of phosphoric acid groups is 1. The molecule has 78 heavy (non-hydrogen) atoms. The van der Waals surface area contributed by atoms with E-state index in [4.69, 9.17) is 13.8 Å². The molecule has 0 aromatic carbocycles. The van der Waals surface area contributed by atoms with E-state index in [2.05, 4.69) is 86.8 Å². The van der Waals surface area contributed by atoms with E-state index in [0.717, 1.165) is 77.0 Å². The molecule has 0 heterocycles. The molecule has 0 aromatic heterocycles. The number of unbranched alkanes of at least 4 members (excludes halogenated alkanes) is 30. The Hall–Kier alpha value is -2.81. The van der Waals surface area contributed by atoms with E-state index < -0.39 is 32.5 Å². The second-order valence-electron chi connectivity index (χ2n) is 22.9. The van der Waals surface area contributed by atoms with Gasteiger partial charge < -0.3 is 28.5 Å². The van der Waals surface area contributed by atoms with E-state index in [1.807, 2.05) is 45.4 Å². The number of quaternary nitrogens is 1. The molecule has 0 saturated carbocycles. The highest BCUT2D eigenvalue weighted by atomic mass is 31.2. The summed E-state index contributed by atoms with van der Waals surface area (Å²) < 4.78 is 30.3. The molecule has 0 aliphatic heterocycles. The summed E-state index contributed by atoms with van der Waals surface area (Å²) in [6.45, 7) is 6.70. The van der Waals surface area contributed by atoms with Gasteiger partial charge in [-0.2, -0.15) is 0 Å². The lowest BCUT2D eigenvalue weighted by Gasteiger charge is -2.30. The molecule has 0 aliphatic rings. The van der Waals surface area contributed by atoms with Gasteiger partial charge in [0.05, 0.1) is 33.8 Å². The fraction of sp³-hybridized carbons (Fsp3) is 0.765. The molecule has 0 bridgehead atoms. The minimum absolute atomic E-state index is 0.0352. The zero-order valence-electron chi connectivity index (χ0n) is 51.6. The molecule has 0 fully saturated rings. The van der Waals surface area contributed by atoms with E-state index in [0.29, 0.717) is 23.9 Å². The van der Waals surface area contributed by atoms with Crippen LogP contribution >= 0.6 is 7.82 Å². The van der Waals surface area contributed by atoms with E-state index in [-0.39, 0.29) is 18.9 Å². The maximum atomic E-state index is 13.6. The highest BCUT2D eigenvalue weighted by Gasteiger charge is 2.27. The zero-order chi connectivity index (χ0) is 57.2. The van der Waals surface area contributed by atoms with E-state index in [1.165, 1.54) is 167 Å². The van der Waals surface area contributed by atoms with Crippen LogP contribution in [-0.2, 0) is 27.9 Å². The van der Waals surface area contributed by atoms with Gasteiger partial charge >= 0.3 is 5.97 Å². The summed E-state index contributed by atoms with van der Waals surface area (Å²) in [6, 6.07) is -0.921. The van der Waals surface area contributed by atoms with Crippen LogP contribution in [0.25, 0.3) is 0 Å². The molecule has 0 spiro atoms. The third-order valence-corrected chi connectivity index (χ3v) is 15.1. The predicted molar refractivity (Wildman–Crippen MR) is 335 cm³/mol. The molecule has 452 valence electrons. The molecule has 0 aromatic rings. The van der Waals surface area contributed by atoms with Crippen molar-refractivity contribution in [3.63, 3.8) is 0 Å². The van der Waals surface area contributed by atoms with Crippen LogP contribution < -0.4 is 10.2 Å². The lowest BCUT2D eigenvalue weighted by atomic mass is 10.0. The van der Waals surface area contributed by atoms with Crippen molar-refractivity contribution in [3.8, 4) is 0 Å². The summed E-state index contributed by atoms with van der Waals surface area (Å²) in [7, 11) is 1.15. The number of amides is 1. The van der Waals surface area contributed by atoms with Crippen LogP contribution in [0.5, 0.6) is 0 Å². The Bertz CT molecular complexity index is 1610. The quantitative estimate of drug-likeness (QED) is 0.0212. The Morgan fingerprint density at radius 3 is 1.23 bits per heavy atom. The van der Waals surface area contributed by atoms with Crippen LogP contribution in [0, 0.1) is 0 Å². The van der Waals surface area contributed by atoms with Crippen molar-refractivity contribution in [2.75, 3.05) is 40.9 Å². The number of phosphoric ester groups is 1. The molecule has 0 radical (unpaired) electrons. The summed E-state index contributed by atoms with van der Waals surface area (Å²) in [5, 5.41) is 3.02. The van der Waals surface area contributed by atoms with Gasteiger partial charge in [0.2, 0.25) is 5.91 Å². The Balaban J connectivity index is 5.28. The van der Waals surface area contributed by atoms with Gasteiger partial charge in [0.25, 0.3) is 7.82 Å². The first-order valence-electron chi connectivity index (χ1n) is 32.4. The number of esters is 1. The van der Waals surface area contributed by atoms with E-state index in [9.17, 15) is 19.0 Å². The Labute approximate surface area is 482 Å². The number of allylic oxidation sites excluding steroid dienone is 13. The highest BCUT2D eigenvalue weighted by molar-refractivity contribution is 7.45. The first-order valence-corrected chi connectivity index (χ1v) is 33.9. The first kappa shape index (κ1) is 75.2. The summed E-state index contributed by atoms with van der Waals surface area (Å²) in [5.74, 6) is -0.633. The number of carbonyl (C=O) groups excluding carboxylic acids is 2. The molecular formula is C68H123N2O7P. The number of likely N-dealkylation sites (N-methyl/N-ethyl adjacent to an activating group) is 1. The number of rotatable bonds is 58. The van der Waals surface area contributed by atoms with Crippen LogP contribution in [0.2, 0.25) is 0 Å². The Morgan fingerprint density at radius 2 is 0.833 bits per heavy atom. The smallest absolute Gasteiger partial charge is 0.306 e. The highest BCUT2D eigenvalue weighted by Crippen LogP contribution is 2.38. The van der Waals surface area contributed by atoms with Gasteiger partial charge in [-0.25, -0.2) is 0 Å². The normalized spacial score (nSPS) is 14.2. The zero-order valence-corrected chi connectivity index (χ0v) is 52.5. The van der Waals surface area contributed by atoms with Gasteiger partial charge in [0, 0.05) is 12.8 Å². The standard InChI is InChI=1S/C68H123N2O7P/c1-7-10-13-16-19-22-25-28-30-32-34-35-37-38-40-42-45-48-51-54-57-60-67(71)69-65(64-76-78(73,74)75-63-62-70(4,5)6)66(59-56-53-50-47-44-27-24-21-18-15-12-9-3)77-68(72)61-58-55-52-49-46-43-41-39-36-33-31-29-26-23-20-17-14-11-8-2/h11,14,20,23,29,31,36,39,43,46,52,55-56,59,65-66H,7-10,12-13,15-19,21-22,24-28,30,32-35,37-38,40-42,44-45,47-51,53-54,57-58,60-64H2,1-6H3,(H-,69,71,73,74)/b14-11-,23-20-,31-29-,39-36-,46-43-,55-52-,59-56+. The summed E-state index contributed by atoms with van der Waals surface area (Å²) >= 11 is 0. The second-order valence-corrected chi connectivity index (χ2v) is 24.3. The van der Waals surface area contributed by atoms with Crippen LogP contribution in [0.3, 0.4) is 0 Å². The number of nitrogens with one attached hydrogen (secondary N) is 1. The molecule has 9 nitrogen and oxygen atoms in total. The molecule has 3 unspecified atom stereocenters. The number of carbonyl (C=O) groups is 2. The summed E-state index contributed by atoms with van der Waals surface area (Å²) in [4.78, 5) is 40.0. The largest absolute Gasteiger partial charge is 0.756 e. The third kappa shape index (κ3) is 57.9. The monoisotopic (exact) mass is 1110 g/mol. The maximum Gasteiger partial charge on any atom is 0.306 e. The Kier molecular flexibility index (Phi) is 55.4. The van der Waals surface area contributed by atoms with Gasteiger partial charge in [-0.3, -0.25) is 14.2 Å². The lowest BCUT2D eigenvalue weighted by Crippen LogP contribution is -2.47. The van der Waals surface area contributed by atoms with E-state index >= 15 is 0 Å². The molecular weight excluding hydrogens is 988 g/mol. The molecule has 0 saturated heterocycles. The van der Waals surface area contributed by atoms with Crippen LogP contribution in [0.1, 0.15) is 284 Å². The van der Waals surface area contributed by atoms with Crippen molar-refractivity contribution < 1.29 is 37.3 Å². The fourth-order valence-electron chi connectivity index (χ4n) is 9.14. The molecule has 0 aliphatic carbocycles. The SMILES string of the molecule is CC/C=C\C/C=C\C/C=C\C/C=C\C/C=C\C/C=C\CCC(=O)OC(/C=C/CCCCCCCCCCCC)C(COP(=O)([O-])OCC[N+](C)(C)C)NC(=O)CCCCCCCCCCCCCCCCCCCCCCC. The van der Waals surface area contributed by atoms with Crippen molar-refractivity contribution in [1.82, 2.24) is 5.32 Å². The summed E-state index contributed by atoms with van der Waals surface area (Å²) in [6.07, 6.45) is 75.7. The van der Waals surface area contributed by atoms with Crippen molar-refractivity contribution in [2.24, 2.45) is 0 Å². The molecule has 3 atom stereocenters. The molecule has 10 heteroatoms. The van der Waals surface area contributed by atoms with Gasteiger partial charge in [0.15, 0.2) is 0 Å². The van der Waals surface area contributed by atoms with E-state index in [1.54, 1.807) is 0 Å². The topological polar surface area (TPSA) is 114 Å². The van der Waals surface area contributed by atoms with Crippen molar-refractivity contribution >= 4 is 19.7 Å². The van der Waals surface area contributed by atoms with Crippen LogP contribution in [0.15, 0.2) is 85.1 Å². The van der Waals surface area contributed by atoms with Crippen molar-refractivity contribution in [2.45, 2.75) is 296 Å². The number of hydrogen-bond acceptors (Lipinski definition) is 7.